The number of carbonyl (C=O) groups is 2. The molecule has 1 saturated carbocycles. The molecule has 5 heteroatoms. The SMILES string of the molecule is CCCOc1ccccc1NC(=O)C1CCCC(C(=O)O)C1. The smallest absolute Gasteiger partial charge is 0.306 e. The lowest BCUT2D eigenvalue weighted by Gasteiger charge is -2.26. The number of nitrogens with one attached hydrogen (secondary N) is 1. The fourth-order valence-corrected chi connectivity index (χ4v) is 2.79. The van der Waals surface area contributed by atoms with Gasteiger partial charge >= 0.3 is 5.97 Å². The van der Waals surface area contributed by atoms with Crippen LogP contribution in [-0.4, -0.2) is 23.6 Å². The van der Waals surface area contributed by atoms with Crippen LogP contribution in [0.1, 0.15) is 39.0 Å². The zero-order chi connectivity index (χ0) is 15.9. The van der Waals surface area contributed by atoms with Crippen molar-refractivity contribution < 1.29 is 19.4 Å². The summed E-state index contributed by atoms with van der Waals surface area (Å²) < 4.78 is 5.63. The predicted molar refractivity (Wildman–Crippen MR) is 83.9 cm³/mol. The maximum Gasteiger partial charge on any atom is 0.306 e. The molecule has 0 aliphatic heterocycles. The Morgan fingerprint density at radius 3 is 2.73 bits per heavy atom. The van der Waals surface area contributed by atoms with Gasteiger partial charge in [0.1, 0.15) is 5.75 Å². The van der Waals surface area contributed by atoms with E-state index in [1.807, 2.05) is 25.1 Å². The molecule has 120 valence electrons. The number of anilines is 1. The molecule has 1 fully saturated rings. The Labute approximate surface area is 130 Å². The summed E-state index contributed by atoms with van der Waals surface area (Å²) in [4.78, 5) is 23.5. The first kappa shape index (κ1) is 16.3. The summed E-state index contributed by atoms with van der Waals surface area (Å²) in [7, 11) is 0. The highest BCUT2D eigenvalue weighted by atomic mass is 16.5. The molecule has 0 radical (unpaired) electrons. The van der Waals surface area contributed by atoms with Crippen LogP contribution in [0.2, 0.25) is 0 Å². The van der Waals surface area contributed by atoms with E-state index in [2.05, 4.69) is 5.32 Å². The molecule has 1 aromatic carbocycles. The number of aliphatic carboxylic acids is 1. The molecule has 0 heterocycles. The highest BCUT2D eigenvalue weighted by Gasteiger charge is 2.31. The van der Waals surface area contributed by atoms with E-state index in [0.29, 0.717) is 30.9 Å². The van der Waals surface area contributed by atoms with Gasteiger partial charge in [-0.2, -0.15) is 0 Å². The molecule has 2 rings (SSSR count). The van der Waals surface area contributed by atoms with E-state index in [-0.39, 0.29) is 11.8 Å². The van der Waals surface area contributed by atoms with Gasteiger partial charge in [-0.25, -0.2) is 0 Å². The fraction of sp³-hybridized carbons (Fsp3) is 0.529. The Morgan fingerprint density at radius 1 is 1.27 bits per heavy atom. The summed E-state index contributed by atoms with van der Waals surface area (Å²) in [5.41, 5.74) is 0.651. The number of carboxylic acid groups (broad SMARTS) is 1. The van der Waals surface area contributed by atoms with Gasteiger partial charge in [0.15, 0.2) is 0 Å². The van der Waals surface area contributed by atoms with Crippen LogP contribution in [0.3, 0.4) is 0 Å². The normalized spacial score (nSPS) is 21.1. The second-order valence-corrected chi connectivity index (χ2v) is 5.73. The summed E-state index contributed by atoms with van der Waals surface area (Å²) >= 11 is 0. The second-order valence-electron chi connectivity index (χ2n) is 5.73. The van der Waals surface area contributed by atoms with Crippen molar-refractivity contribution >= 4 is 17.6 Å². The minimum Gasteiger partial charge on any atom is -0.491 e. The average Bonchev–Trinajstić information content (AvgIpc) is 2.54. The Balaban J connectivity index is 2.01. The highest BCUT2D eigenvalue weighted by molar-refractivity contribution is 5.94. The quantitative estimate of drug-likeness (QED) is 0.845. The molecule has 1 aromatic rings. The standard InChI is InChI=1S/C17H23NO4/c1-2-10-22-15-9-4-3-8-14(15)18-16(19)12-6-5-7-13(11-12)17(20)21/h3-4,8-9,12-13H,2,5-7,10-11H2,1H3,(H,18,19)(H,20,21). The van der Waals surface area contributed by atoms with Gasteiger partial charge in [0.05, 0.1) is 18.2 Å². The van der Waals surface area contributed by atoms with E-state index in [1.54, 1.807) is 6.07 Å². The Morgan fingerprint density at radius 2 is 2.00 bits per heavy atom. The van der Waals surface area contributed by atoms with E-state index in [9.17, 15) is 9.59 Å². The second kappa shape index (κ2) is 7.82. The average molecular weight is 305 g/mol. The zero-order valence-corrected chi connectivity index (χ0v) is 12.9. The Bertz CT molecular complexity index is 529. The van der Waals surface area contributed by atoms with Crippen molar-refractivity contribution in [1.29, 1.82) is 0 Å². The van der Waals surface area contributed by atoms with E-state index < -0.39 is 11.9 Å². The number of para-hydroxylation sites is 2. The lowest BCUT2D eigenvalue weighted by atomic mass is 9.81. The van der Waals surface area contributed by atoms with E-state index in [4.69, 9.17) is 9.84 Å². The van der Waals surface area contributed by atoms with Crippen LogP contribution in [0.5, 0.6) is 5.75 Å². The predicted octanol–water partition coefficient (Wildman–Crippen LogP) is 3.30. The van der Waals surface area contributed by atoms with Crippen molar-refractivity contribution in [3.8, 4) is 5.75 Å². The van der Waals surface area contributed by atoms with Crippen molar-refractivity contribution in [1.82, 2.24) is 0 Å². The first-order valence-electron chi connectivity index (χ1n) is 7.87. The van der Waals surface area contributed by atoms with E-state index in [0.717, 1.165) is 19.3 Å². The topological polar surface area (TPSA) is 75.6 Å². The molecule has 1 aliphatic carbocycles. The van der Waals surface area contributed by atoms with Gasteiger partial charge in [0, 0.05) is 5.92 Å². The van der Waals surface area contributed by atoms with Crippen LogP contribution < -0.4 is 10.1 Å². The van der Waals surface area contributed by atoms with Crippen LogP contribution in [0.4, 0.5) is 5.69 Å². The Hall–Kier alpha value is -2.04. The summed E-state index contributed by atoms with van der Waals surface area (Å²) in [5.74, 6) is -0.906. The molecule has 2 N–H and O–H groups in total. The molecular weight excluding hydrogens is 282 g/mol. The summed E-state index contributed by atoms with van der Waals surface area (Å²) in [6.07, 6.45) is 3.50. The molecule has 2 unspecified atom stereocenters. The van der Waals surface area contributed by atoms with E-state index in [1.165, 1.54) is 0 Å². The molecule has 0 aromatic heterocycles. The van der Waals surface area contributed by atoms with Crippen molar-refractivity contribution in [3.05, 3.63) is 24.3 Å². The summed E-state index contributed by atoms with van der Waals surface area (Å²) in [5, 5.41) is 12.0. The fourth-order valence-electron chi connectivity index (χ4n) is 2.79. The van der Waals surface area contributed by atoms with Crippen molar-refractivity contribution in [2.75, 3.05) is 11.9 Å². The molecule has 2 atom stereocenters. The maximum atomic E-state index is 12.4. The molecule has 1 aliphatic rings. The first-order valence-corrected chi connectivity index (χ1v) is 7.87. The number of hydrogen-bond acceptors (Lipinski definition) is 3. The third-order valence-electron chi connectivity index (χ3n) is 4.00. The van der Waals surface area contributed by atoms with Gasteiger partial charge in [0.2, 0.25) is 5.91 Å². The number of hydrogen-bond donors (Lipinski definition) is 2. The van der Waals surface area contributed by atoms with Crippen LogP contribution in [0.25, 0.3) is 0 Å². The van der Waals surface area contributed by atoms with Crippen LogP contribution >= 0.6 is 0 Å². The van der Waals surface area contributed by atoms with E-state index >= 15 is 0 Å². The lowest BCUT2D eigenvalue weighted by molar-refractivity contribution is -0.143. The number of ether oxygens (including phenoxy) is 1. The van der Waals surface area contributed by atoms with Gasteiger partial charge in [-0.3, -0.25) is 9.59 Å². The van der Waals surface area contributed by atoms with Crippen LogP contribution in [0.15, 0.2) is 24.3 Å². The van der Waals surface area contributed by atoms with Gasteiger partial charge < -0.3 is 15.2 Å². The maximum absolute atomic E-state index is 12.4. The zero-order valence-electron chi connectivity index (χ0n) is 12.9. The molecule has 5 nitrogen and oxygen atoms in total. The minimum atomic E-state index is -0.802. The highest BCUT2D eigenvalue weighted by Crippen LogP contribution is 2.31. The Kier molecular flexibility index (Phi) is 5.81. The molecule has 1 amide bonds. The molecule has 22 heavy (non-hydrogen) atoms. The molecule has 0 saturated heterocycles. The van der Waals surface area contributed by atoms with Gasteiger partial charge in [-0.15, -0.1) is 0 Å². The van der Waals surface area contributed by atoms with Gasteiger partial charge in [-0.05, 0) is 37.8 Å². The van der Waals surface area contributed by atoms with Crippen LogP contribution in [-0.2, 0) is 9.59 Å². The molecular formula is C17H23NO4. The number of carboxylic acids is 1. The summed E-state index contributed by atoms with van der Waals surface area (Å²) in [6, 6.07) is 7.34. The molecule has 0 spiro atoms. The third kappa shape index (κ3) is 4.23. The van der Waals surface area contributed by atoms with Gasteiger partial charge in [0.25, 0.3) is 0 Å². The van der Waals surface area contributed by atoms with Crippen molar-refractivity contribution in [2.45, 2.75) is 39.0 Å². The number of amides is 1. The first-order chi connectivity index (χ1) is 10.6. The van der Waals surface area contributed by atoms with Crippen molar-refractivity contribution in [2.24, 2.45) is 11.8 Å². The number of rotatable bonds is 6. The van der Waals surface area contributed by atoms with Gasteiger partial charge in [-0.1, -0.05) is 25.5 Å². The number of carbonyl (C=O) groups excluding carboxylic acids is 1. The number of benzene rings is 1. The minimum absolute atomic E-state index is 0.113. The van der Waals surface area contributed by atoms with Crippen LogP contribution in [0, 0.1) is 11.8 Å². The third-order valence-corrected chi connectivity index (χ3v) is 4.00. The lowest BCUT2D eigenvalue weighted by Crippen LogP contribution is -2.31. The van der Waals surface area contributed by atoms with Crippen molar-refractivity contribution in [3.63, 3.8) is 0 Å². The monoisotopic (exact) mass is 305 g/mol. The largest absolute Gasteiger partial charge is 0.491 e. The molecule has 0 bridgehead atoms. The summed E-state index contributed by atoms with van der Waals surface area (Å²) in [6.45, 7) is 2.62.